The highest BCUT2D eigenvalue weighted by Gasteiger charge is 2.39. The number of esters is 2. The van der Waals surface area contributed by atoms with Crippen molar-refractivity contribution in [3.63, 3.8) is 0 Å². The van der Waals surface area contributed by atoms with Crippen LogP contribution in [0.15, 0.2) is 0 Å². The van der Waals surface area contributed by atoms with Crippen molar-refractivity contribution in [1.29, 1.82) is 0 Å². The standard InChI is InChI=1S/C11H18O8/c1-5(13)10(18-6(2)14)9(17)11(8(16)4-12)19-7(3)15/h8-12,16-17H,4H2,1-3H3. The summed E-state index contributed by atoms with van der Waals surface area (Å²) in [7, 11) is 0. The fourth-order valence-electron chi connectivity index (χ4n) is 1.42. The number of aliphatic hydroxyl groups excluding tert-OH is 3. The van der Waals surface area contributed by atoms with Crippen molar-refractivity contribution < 1.29 is 39.2 Å². The van der Waals surface area contributed by atoms with Crippen LogP contribution in [0, 0.1) is 0 Å². The summed E-state index contributed by atoms with van der Waals surface area (Å²) in [5.74, 6) is -2.34. The molecule has 0 fully saturated rings. The minimum absolute atomic E-state index is 0.690. The van der Waals surface area contributed by atoms with Gasteiger partial charge in [-0.1, -0.05) is 0 Å². The van der Waals surface area contributed by atoms with Gasteiger partial charge >= 0.3 is 11.9 Å². The van der Waals surface area contributed by atoms with Gasteiger partial charge in [-0.05, 0) is 6.92 Å². The van der Waals surface area contributed by atoms with Gasteiger partial charge in [0.1, 0.15) is 12.2 Å². The van der Waals surface area contributed by atoms with Crippen LogP contribution >= 0.6 is 0 Å². The van der Waals surface area contributed by atoms with E-state index < -0.39 is 48.7 Å². The van der Waals surface area contributed by atoms with Gasteiger partial charge in [-0.2, -0.15) is 0 Å². The Hall–Kier alpha value is -1.51. The maximum Gasteiger partial charge on any atom is 0.303 e. The number of hydrogen-bond acceptors (Lipinski definition) is 8. The second-order valence-electron chi connectivity index (χ2n) is 3.96. The van der Waals surface area contributed by atoms with Gasteiger partial charge in [-0.15, -0.1) is 0 Å². The van der Waals surface area contributed by atoms with Crippen molar-refractivity contribution in [2.75, 3.05) is 6.61 Å². The molecule has 8 nitrogen and oxygen atoms in total. The van der Waals surface area contributed by atoms with Crippen molar-refractivity contribution in [2.24, 2.45) is 0 Å². The normalized spacial score (nSPS) is 16.9. The summed E-state index contributed by atoms with van der Waals surface area (Å²) in [6.45, 7) is 2.32. The predicted octanol–water partition coefficient (Wildman–Crippen LogP) is -1.85. The van der Waals surface area contributed by atoms with Gasteiger partial charge in [0.05, 0.1) is 6.61 Å². The first-order chi connectivity index (χ1) is 8.70. The van der Waals surface area contributed by atoms with E-state index in [0.29, 0.717) is 0 Å². The zero-order valence-corrected chi connectivity index (χ0v) is 10.9. The van der Waals surface area contributed by atoms with E-state index in [1.807, 2.05) is 0 Å². The van der Waals surface area contributed by atoms with E-state index in [-0.39, 0.29) is 0 Å². The molecule has 0 aromatic carbocycles. The third-order valence-corrected chi connectivity index (χ3v) is 2.21. The molecule has 19 heavy (non-hydrogen) atoms. The number of hydrogen-bond donors (Lipinski definition) is 3. The minimum Gasteiger partial charge on any atom is -0.457 e. The number of aliphatic hydroxyl groups is 3. The molecule has 0 aromatic heterocycles. The molecule has 3 N–H and O–H groups in total. The average molecular weight is 278 g/mol. The monoisotopic (exact) mass is 278 g/mol. The van der Waals surface area contributed by atoms with Crippen LogP contribution in [0.3, 0.4) is 0 Å². The SMILES string of the molecule is CC(=O)OC(C(C)=O)C(O)C(OC(C)=O)C(O)CO. The Morgan fingerprint density at radius 3 is 1.79 bits per heavy atom. The van der Waals surface area contributed by atoms with Crippen LogP contribution in [-0.4, -0.2) is 64.1 Å². The topological polar surface area (TPSA) is 130 Å². The molecule has 0 saturated heterocycles. The number of carbonyl (C=O) groups is 3. The first kappa shape index (κ1) is 17.5. The Balaban J connectivity index is 5.10. The summed E-state index contributed by atoms with van der Waals surface area (Å²) >= 11 is 0. The highest BCUT2D eigenvalue weighted by atomic mass is 16.6. The fourth-order valence-corrected chi connectivity index (χ4v) is 1.42. The highest BCUT2D eigenvalue weighted by Crippen LogP contribution is 2.13. The van der Waals surface area contributed by atoms with Gasteiger partial charge in [-0.25, -0.2) is 0 Å². The van der Waals surface area contributed by atoms with E-state index in [0.717, 1.165) is 20.8 Å². The van der Waals surface area contributed by atoms with Gasteiger partial charge in [0.2, 0.25) is 0 Å². The molecule has 0 amide bonds. The lowest BCUT2D eigenvalue weighted by Crippen LogP contribution is -2.51. The summed E-state index contributed by atoms with van der Waals surface area (Å²) in [6.07, 6.45) is -6.58. The van der Waals surface area contributed by atoms with E-state index in [1.165, 1.54) is 0 Å². The fraction of sp³-hybridized carbons (Fsp3) is 0.727. The zero-order chi connectivity index (χ0) is 15.2. The van der Waals surface area contributed by atoms with E-state index in [9.17, 15) is 24.6 Å². The smallest absolute Gasteiger partial charge is 0.303 e. The zero-order valence-electron chi connectivity index (χ0n) is 10.9. The van der Waals surface area contributed by atoms with E-state index in [4.69, 9.17) is 5.11 Å². The number of carbonyl (C=O) groups excluding carboxylic acids is 3. The molecule has 0 spiro atoms. The van der Waals surface area contributed by atoms with Crippen LogP contribution in [0.25, 0.3) is 0 Å². The molecule has 110 valence electrons. The van der Waals surface area contributed by atoms with E-state index >= 15 is 0 Å². The molecule has 0 heterocycles. The summed E-state index contributed by atoms with van der Waals surface area (Å²) in [5.41, 5.74) is 0. The summed E-state index contributed by atoms with van der Waals surface area (Å²) in [5, 5.41) is 28.2. The van der Waals surface area contributed by atoms with Crippen LogP contribution in [0.4, 0.5) is 0 Å². The third kappa shape index (κ3) is 5.77. The van der Waals surface area contributed by atoms with Gasteiger partial charge in [-0.3, -0.25) is 14.4 Å². The molecule has 8 heteroatoms. The minimum atomic E-state index is -1.78. The Morgan fingerprint density at radius 1 is 1.00 bits per heavy atom. The second-order valence-corrected chi connectivity index (χ2v) is 3.96. The molecule has 4 unspecified atom stereocenters. The Labute approximate surface area is 109 Å². The number of ketones is 1. The molecule has 0 bridgehead atoms. The Morgan fingerprint density at radius 2 is 1.47 bits per heavy atom. The molecule has 0 saturated carbocycles. The van der Waals surface area contributed by atoms with Gasteiger partial charge in [0.25, 0.3) is 0 Å². The molecular weight excluding hydrogens is 260 g/mol. The van der Waals surface area contributed by atoms with Crippen molar-refractivity contribution in [2.45, 2.75) is 45.2 Å². The predicted molar refractivity (Wildman–Crippen MR) is 60.9 cm³/mol. The van der Waals surface area contributed by atoms with Crippen LogP contribution < -0.4 is 0 Å². The van der Waals surface area contributed by atoms with Crippen molar-refractivity contribution in [3.05, 3.63) is 0 Å². The van der Waals surface area contributed by atoms with Crippen LogP contribution in [0.5, 0.6) is 0 Å². The molecule has 0 aliphatic rings. The van der Waals surface area contributed by atoms with Gasteiger partial charge in [0.15, 0.2) is 18.0 Å². The highest BCUT2D eigenvalue weighted by molar-refractivity contribution is 5.83. The Kier molecular flexibility index (Phi) is 7.20. The quantitative estimate of drug-likeness (QED) is 0.463. The number of ether oxygens (including phenoxy) is 2. The van der Waals surface area contributed by atoms with Crippen molar-refractivity contribution in [3.8, 4) is 0 Å². The molecule has 0 aromatic rings. The number of rotatable bonds is 7. The lowest BCUT2D eigenvalue weighted by Gasteiger charge is -2.29. The molecule has 0 aliphatic heterocycles. The molecule has 0 radical (unpaired) electrons. The molecule has 0 rings (SSSR count). The molecule has 0 aliphatic carbocycles. The van der Waals surface area contributed by atoms with Crippen molar-refractivity contribution in [1.82, 2.24) is 0 Å². The van der Waals surface area contributed by atoms with Gasteiger partial charge in [0, 0.05) is 13.8 Å². The van der Waals surface area contributed by atoms with E-state index in [1.54, 1.807) is 0 Å². The summed E-state index contributed by atoms with van der Waals surface area (Å²) in [6, 6.07) is 0. The largest absolute Gasteiger partial charge is 0.457 e. The van der Waals surface area contributed by atoms with E-state index in [2.05, 4.69) is 9.47 Å². The molecule has 4 atom stereocenters. The van der Waals surface area contributed by atoms with Crippen LogP contribution in [0.2, 0.25) is 0 Å². The average Bonchev–Trinajstić information content (AvgIpc) is 2.30. The molecular formula is C11H18O8. The lowest BCUT2D eigenvalue weighted by atomic mass is 10.0. The lowest BCUT2D eigenvalue weighted by molar-refractivity contribution is -0.183. The second kappa shape index (κ2) is 7.82. The maximum atomic E-state index is 11.3. The van der Waals surface area contributed by atoms with Crippen molar-refractivity contribution >= 4 is 17.7 Å². The third-order valence-electron chi connectivity index (χ3n) is 2.21. The van der Waals surface area contributed by atoms with Crippen LogP contribution in [-0.2, 0) is 23.9 Å². The summed E-state index contributed by atoms with van der Waals surface area (Å²) in [4.78, 5) is 33.0. The first-order valence-electron chi connectivity index (χ1n) is 5.52. The summed E-state index contributed by atoms with van der Waals surface area (Å²) < 4.78 is 9.24. The Bertz CT molecular complexity index is 340. The van der Waals surface area contributed by atoms with Crippen LogP contribution in [0.1, 0.15) is 20.8 Å². The first-order valence-corrected chi connectivity index (χ1v) is 5.52. The van der Waals surface area contributed by atoms with Gasteiger partial charge < -0.3 is 24.8 Å². The number of Topliss-reactive ketones (excluding diaryl/α,β-unsaturated/α-hetero) is 1. The maximum absolute atomic E-state index is 11.3.